The molecule has 0 saturated heterocycles. The van der Waals surface area contributed by atoms with Crippen molar-refractivity contribution in [2.24, 2.45) is 5.73 Å². The summed E-state index contributed by atoms with van der Waals surface area (Å²) in [5, 5.41) is 13.7. The van der Waals surface area contributed by atoms with E-state index in [0.717, 1.165) is 5.01 Å². The standard InChI is InChI=1S/C10H15N3O3S/c1-2-7(10(15)16)13-8(14)3-6-5-17-9(4-11)12-6/h5,7H,2-4,11H2,1H3,(H,13,14)(H,15,16). The van der Waals surface area contributed by atoms with E-state index in [1.807, 2.05) is 0 Å². The molecule has 1 amide bonds. The topological polar surface area (TPSA) is 105 Å². The fraction of sp³-hybridized carbons (Fsp3) is 0.500. The van der Waals surface area contributed by atoms with Crippen molar-refractivity contribution >= 4 is 23.2 Å². The number of aliphatic carboxylic acids is 1. The molecule has 6 nitrogen and oxygen atoms in total. The third-order valence-corrected chi connectivity index (χ3v) is 3.08. The molecule has 17 heavy (non-hydrogen) atoms. The van der Waals surface area contributed by atoms with Crippen LogP contribution in [0.5, 0.6) is 0 Å². The Morgan fingerprint density at radius 3 is 2.82 bits per heavy atom. The second kappa shape index (κ2) is 6.31. The molecule has 94 valence electrons. The molecule has 0 aromatic carbocycles. The maximum atomic E-state index is 11.5. The van der Waals surface area contributed by atoms with Gasteiger partial charge in [0.15, 0.2) is 0 Å². The number of carbonyl (C=O) groups excluding carboxylic acids is 1. The Labute approximate surface area is 103 Å². The average Bonchev–Trinajstić information content (AvgIpc) is 2.73. The van der Waals surface area contributed by atoms with Crippen LogP contribution in [0.15, 0.2) is 5.38 Å². The van der Waals surface area contributed by atoms with Crippen LogP contribution >= 0.6 is 11.3 Å². The van der Waals surface area contributed by atoms with Crippen molar-refractivity contribution in [3.05, 3.63) is 16.1 Å². The van der Waals surface area contributed by atoms with Gasteiger partial charge in [-0.15, -0.1) is 11.3 Å². The summed E-state index contributed by atoms with van der Waals surface area (Å²) in [4.78, 5) is 26.4. The lowest BCUT2D eigenvalue weighted by Gasteiger charge is -2.11. The van der Waals surface area contributed by atoms with Gasteiger partial charge >= 0.3 is 5.97 Å². The Hall–Kier alpha value is -1.47. The summed E-state index contributed by atoms with van der Waals surface area (Å²) in [6.45, 7) is 2.05. The fourth-order valence-electron chi connectivity index (χ4n) is 1.27. The number of nitrogens with zero attached hydrogens (tertiary/aromatic N) is 1. The summed E-state index contributed by atoms with van der Waals surface area (Å²) < 4.78 is 0. The Bertz CT molecular complexity index is 405. The fourth-order valence-corrected chi connectivity index (χ4v) is 1.95. The number of hydrogen-bond acceptors (Lipinski definition) is 5. The molecule has 0 aliphatic heterocycles. The van der Waals surface area contributed by atoms with Crippen LogP contribution in [0.3, 0.4) is 0 Å². The highest BCUT2D eigenvalue weighted by atomic mass is 32.1. The van der Waals surface area contributed by atoms with E-state index in [1.165, 1.54) is 11.3 Å². The molecular weight excluding hydrogens is 242 g/mol. The minimum Gasteiger partial charge on any atom is -0.480 e. The van der Waals surface area contributed by atoms with Crippen LogP contribution in [-0.2, 0) is 22.6 Å². The van der Waals surface area contributed by atoms with Crippen molar-refractivity contribution in [2.45, 2.75) is 32.4 Å². The molecule has 0 spiro atoms. The minimum atomic E-state index is -1.03. The molecule has 0 bridgehead atoms. The molecule has 7 heteroatoms. The van der Waals surface area contributed by atoms with Gasteiger partial charge in [0, 0.05) is 11.9 Å². The highest BCUT2D eigenvalue weighted by molar-refractivity contribution is 7.09. The number of carbonyl (C=O) groups is 2. The molecule has 1 heterocycles. The Morgan fingerprint density at radius 2 is 2.35 bits per heavy atom. The van der Waals surface area contributed by atoms with E-state index in [2.05, 4.69) is 10.3 Å². The first-order valence-electron chi connectivity index (χ1n) is 5.22. The predicted molar refractivity (Wildman–Crippen MR) is 63.6 cm³/mol. The lowest BCUT2D eigenvalue weighted by atomic mass is 10.2. The Balaban J connectivity index is 2.51. The van der Waals surface area contributed by atoms with Gasteiger partial charge in [-0.2, -0.15) is 0 Å². The first kappa shape index (κ1) is 13.6. The number of nitrogens with two attached hydrogens (primary N) is 1. The highest BCUT2D eigenvalue weighted by Gasteiger charge is 2.18. The Kier molecular flexibility index (Phi) is 5.05. The van der Waals surface area contributed by atoms with Gasteiger partial charge in [-0.05, 0) is 6.42 Å². The summed E-state index contributed by atoms with van der Waals surface area (Å²) in [7, 11) is 0. The van der Waals surface area contributed by atoms with E-state index in [-0.39, 0.29) is 12.3 Å². The summed E-state index contributed by atoms with van der Waals surface area (Å²) in [5.41, 5.74) is 6.02. The van der Waals surface area contributed by atoms with Gasteiger partial charge in [0.2, 0.25) is 5.91 Å². The second-order valence-electron chi connectivity index (χ2n) is 3.48. The van der Waals surface area contributed by atoms with E-state index >= 15 is 0 Å². The molecule has 1 unspecified atom stereocenters. The molecular formula is C10H15N3O3S. The summed E-state index contributed by atoms with van der Waals surface area (Å²) >= 11 is 1.39. The van der Waals surface area contributed by atoms with Gasteiger partial charge in [-0.25, -0.2) is 9.78 Å². The third kappa shape index (κ3) is 4.12. The van der Waals surface area contributed by atoms with Crippen LogP contribution in [0.2, 0.25) is 0 Å². The number of hydrogen-bond donors (Lipinski definition) is 3. The smallest absolute Gasteiger partial charge is 0.326 e. The molecule has 0 radical (unpaired) electrons. The van der Waals surface area contributed by atoms with Crippen molar-refractivity contribution in [2.75, 3.05) is 0 Å². The molecule has 1 aromatic heterocycles. The van der Waals surface area contributed by atoms with Crippen LogP contribution in [0.1, 0.15) is 24.0 Å². The molecule has 1 atom stereocenters. The van der Waals surface area contributed by atoms with Crippen LogP contribution in [-0.4, -0.2) is 28.0 Å². The molecule has 0 fully saturated rings. The monoisotopic (exact) mass is 257 g/mol. The predicted octanol–water partition coefficient (Wildman–Crippen LogP) is 0.124. The quantitative estimate of drug-likeness (QED) is 0.671. The van der Waals surface area contributed by atoms with Crippen molar-refractivity contribution in [1.82, 2.24) is 10.3 Å². The van der Waals surface area contributed by atoms with E-state index in [4.69, 9.17) is 10.8 Å². The SMILES string of the molecule is CCC(NC(=O)Cc1csc(CN)n1)C(=O)O. The number of nitrogens with one attached hydrogen (secondary N) is 1. The number of thiazole rings is 1. The normalized spacial score (nSPS) is 12.1. The van der Waals surface area contributed by atoms with Crippen LogP contribution in [0, 0.1) is 0 Å². The van der Waals surface area contributed by atoms with Gasteiger partial charge in [0.05, 0.1) is 12.1 Å². The lowest BCUT2D eigenvalue weighted by molar-refractivity contribution is -0.141. The van der Waals surface area contributed by atoms with Gasteiger partial charge in [0.1, 0.15) is 11.0 Å². The van der Waals surface area contributed by atoms with E-state index < -0.39 is 12.0 Å². The summed E-state index contributed by atoms with van der Waals surface area (Å²) in [6.07, 6.45) is 0.437. The molecule has 0 aliphatic rings. The van der Waals surface area contributed by atoms with Crippen LogP contribution in [0.25, 0.3) is 0 Å². The average molecular weight is 257 g/mol. The largest absolute Gasteiger partial charge is 0.480 e. The number of carboxylic acid groups (broad SMARTS) is 1. The molecule has 4 N–H and O–H groups in total. The number of aromatic nitrogens is 1. The highest BCUT2D eigenvalue weighted by Crippen LogP contribution is 2.09. The zero-order chi connectivity index (χ0) is 12.8. The Morgan fingerprint density at radius 1 is 1.65 bits per heavy atom. The minimum absolute atomic E-state index is 0.0836. The maximum Gasteiger partial charge on any atom is 0.326 e. The van der Waals surface area contributed by atoms with Gasteiger partial charge < -0.3 is 16.2 Å². The summed E-state index contributed by atoms with van der Waals surface area (Å²) in [6, 6.07) is -0.838. The van der Waals surface area contributed by atoms with Gasteiger partial charge in [-0.1, -0.05) is 6.92 Å². The van der Waals surface area contributed by atoms with E-state index in [9.17, 15) is 9.59 Å². The maximum absolute atomic E-state index is 11.5. The van der Waals surface area contributed by atoms with E-state index in [1.54, 1.807) is 12.3 Å². The number of carboxylic acids is 1. The van der Waals surface area contributed by atoms with Crippen molar-refractivity contribution in [3.8, 4) is 0 Å². The number of amides is 1. The van der Waals surface area contributed by atoms with Crippen molar-refractivity contribution in [3.63, 3.8) is 0 Å². The third-order valence-electron chi connectivity index (χ3n) is 2.16. The van der Waals surface area contributed by atoms with Gasteiger partial charge in [-0.3, -0.25) is 4.79 Å². The lowest BCUT2D eigenvalue weighted by Crippen LogP contribution is -2.41. The van der Waals surface area contributed by atoms with Crippen LogP contribution < -0.4 is 11.1 Å². The molecule has 0 saturated carbocycles. The first-order chi connectivity index (χ1) is 8.06. The summed E-state index contributed by atoms with van der Waals surface area (Å²) in [5.74, 6) is -1.37. The zero-order valence-electron chi connectivity index (χ0n) is 9.47. The van der Waals surface area contributed by atoms with Crippen molar-refractivity contribution in [1.29, 1.82) is 0 Å². The number of rotatable bonds is 6. The molecule has 1 aromatic rings. The van der Waals surface area contributed by atoms with Crippen molar-refractivity contribution < 1.29 is 14.7 Å². The van der Waals surface area contributed by atoms with Gasteiger partial charge in [0.25, 0.3) is 0 Å². The second-order valence-corrected chi connectivity index (χ2v) is 4.42. The van der Waals surface area contributed by atoms with E-state index in [0.29, 0.717) is 18.7 Å². The zero-order valence-corrected chi connectivity index (χ0v) is 10.3. The first-order valence-corrected chi connectivity index (χ1v) is 6.10. The molecule has 0 aliphatic carbocycles. The molecule has 1 rings (SSSR count). The van der Waals surface area contributed by atoms with Crippen LogP contribution in [0.4, 0.5) is 0 Å².